The van der Waals surface area contributed by atoms with Crippen LogP contribution in [0.1, 0.15) is 44.1 Å². The standard InChI is InChI=1S/C21H30FN3O2/c22-19-8-4-1-5-16(19)9-12-23-21(27)17-10-13-25(14-11-17)15-20(26)24-18-6-2-3-7-18/h1,4-5,8,17-18H,2-3,6-7,9-15H2,(H,23,27)(H,24,26). The van der Waals surface area contributed by atoms with Gasteiger partial charge in [-0.15, -0.1) is 0 Å². The van der Waals surface area contributed by atoms with Crippen molar-refractivity contribution in [3.63, 3.8) is 0 Å². The first-order chi connectivity index (χ1) is 13.1. The Morgan fingerprint density at radius 2 is 1.78 bits per heavy atom. The van der Waals surface area contributed by atoms with E-state index in [4.69, 9.17) is 0 Å². The zero-order valence-corrected chi connectivity index (χ0v) is 15.9. The van der Waals surface area contributed by atoms with E-state index in [1.807, 2.05) is 0 Å². The Morgan fingerprint density at radius 1 is 1.07 bits per heavy atom. The molecule has 0 radical (unpaired) electrons. The lowest BCUT2D eigenvalue weighted by molar-refractivity contribution is -0.126. The maximum atomic E-state index is 13.6. The van der Waals surface area contributed by atoms with Crippen LogP contribution in [-0.2, 0) is 16.0 Å². The smallest absolute Gasteiger partial charge is 0.234 e. The van der Waals surface area contributed by atoms with Crippen LogP contribution in [0.3, 0.4) is 0 Å². The van der Waals surface area contributed by atoms with Gasteiger partial charge < -0.3 is 10.6 Å². The van der Waals surface area contributed by atoms with E-state index in [2.05, 4.69) is 15.5 Å². The number of nitrogens with one attached hydrogen (secondary N) is 2. The van der Waals surface area contributed by atoms with Crippen LogP contribution in [0, 0.1) is 11.7 Å². The summed E-state index contributed by atoms with van der Waals surface area (Å²) in [5, 5.41) is 6.05. The highest BCUT2D eigenvalue weighted by Crippen LogP contribution is 2.19. The molecule has 1 aliphatic heterocycles. The molecule has 0 unspecified atom stereocenters. The predicted octanol–water partition coefficient (Wildman–Crippen LogP) is 2.26. The highest BCUT2D eigenvalue weighted by atomic mass is 19.1. The Hall–Kier alpha value is -1.95. The normalized spacial score (nSPS) is 19.1. The molecule has 0 spiro atoms. The first-order valence-corrected chi connectivity index (χ1v) is 10.1. The molecular weight excluding hydrogens is 345 g/mol. The number of amides is 2. The number of nitrogens with zero attached hydrogens (tertiary/aromatic N) is 1. The van der Waals surface area contributed by atoms with Crippen LogP contribution in [0.25, 0.3) is 0 Å². The average molecular weight is 375 g/mol. The molecule has 2 fully saturated rings. The van der Waals surface area contributed by atoms with Crippen molar-refractivity contribution in [2.24, 2.45) is 5.92 Å². The van der Waals surface area contributed by atoms with Gasteiger partial charge in [0.1, 0.15) is 5.82 Å². The lowest BCUT2D eigenvalue weighted by Gasteiger charge is -2.31. The molecule has 3 rings (SSSR count). The van der Waals surface area contributed by atoms with Crippen LogP contribution in [0.15, 0.2) is 24.3 Å². The Bertz CT molecular complexity index is 638. The number of hydrogen-bond acceptors (Lipinski definition) is 3. The summed E-state index contributed by atoms with van der Waals surface area (Å²) < 4.78 is 13.6. The van der Waals surface area contributed by atoms with E-state index in [9.17, 15) is 14.0 Å². The van der Waals surface area contributed by atoms with E-state index < -0.39 is 0 Å². The summed E-state index contributed by atoms with van der Waals surface area (Å²) in [4.78, 5) is 26.6. The van der Waals surface area contributed by atoms with E-state index in [0.29, 0.717) is 31.1 Å². The Morgan fingerprint density at radius 3 is 2.48 bits per heavy atom. The predicted molar refractivity (Wildman–Crippen MR) is 103 cm³/mol. The summed E-state index contributed by atoms with van der Waals surface area (Å²) in [5.74, 6) is -0.0909. The van der Waals surface area contributed by atoms with E-state index >= 15 is 0 Å². The van der Waals surface area contributed by atoms with Gasteiger partial charge in [-0.25, -0.2) is 4.39 Å². The molecule has 2 N–H and O–H groups in total. The van der Waals surface area contributed by atoms with Crippen LogP contribution in [0.2, 0.25) is 0 Å². The van der Waals surface area contributed by atoms with Gasteiger partial charge in [-0.05, 0) is 56.8 Å². The highest BCUT2D eigenvalue weighted by Gasteiger charge is 2.26. The van der Waals surface area contributed by atoms with Gasteiger partial charge in [0, 0.05) is 18.5 Å². The van der Waals surface area contributed by atoms with Crippen molar-refractivity contribution in [2.45, 2.75) is 51.0 Å². The highest BCUT2D eigenvalue weighted by molar-refractivity contribution is 5.79. The molecule has 148 valence electrons. The molecule has 1 aromatic rings. The number of rotatable bonds is 7. The minimum Gasteiger partial charge on any atom is -0.356 e. The first kappa shape index (κ1) is 19.8. The Kier molecular flexibility index (Phi) is 7.21. The lowest BCUT2D eigenvalue weighted by Crippen LogP contribution is -2.46. The van der Waals surface area contributed by atoms with Crippen molar-refractivity contribution in [3.8, 4) is 0 Å². The van der Waals surface area contributed by atoms with Crippen molar-refractivity contribution in [1.29, 1.82) is 0 Å². The molecule has 1 heterocycles. The Balaban J connectivity index is 1.32. The molecule has 1 aromatic carbocycles. The van der Waals surface area contributed by atoms with Gasteiger partial charge >= 0.3 is 0 Å². The van der Waals surface area contributed by atoms with Gasteiger partial charge in [-0.2, -0.15) is 0 Å². The van der Waals surface area contributed by atoms with E-state index in [0.717, 1.165) is 38.8 Å². The monoisotopic (exact) mass is 375 g/mol. The fourth-order valence-electron chi connectivity index (χ4n) is 4.07. The average Bonchev–Trinajstić information content (AvgIpc) is 3.16. The summed E-state index contributed by atoms with van der Waals surface area (Å²) in [5.41, 5.74) is 0.626. The first-order valence-electron chi connectivity index (χ1n) is 10.1. The van der Waals surface area contributed by atoms with Crippen LogP contribution in [0.5, 0.6) is 0 Å². The molecule has 2 aliphatic rings. The van der Waals surface area contributed by atoms with Crippen molar-refractivity contribution in [3.05, 3.63) is 35.6 Å². The number of carbonyl (C=O) groups is 2. The summed E-state index contributed by atoms with van der Waals surface area (Å²) >= 11 is 0. The number of benzene rings is 1. The Labute approximate surface area is 160 Å². The van der Waals surface area contributed by atoms with Gasteiger partial charge in [0.25, 0.3) is 0 Å². The maximum Gasteiger partial charge on any atom is 0.234 e. The second-order valence-electron chi connectivity index (χ2n) is 7.73. The van der Waals surface area contributed by atoms with Crippen LogP contribution in [-0.4, -0.2) is 48.9 Å². The van der Waals surface area contributed by atoms with E-state index in [1.165, 1.54) is 18.9 Å². The summed E-state index contributed by atoms with van der Waals surface area (Å²) in [6, 6.07) is 7.01. The summed E-state index contributed by atoms with van der Waals surface area (Å²) in [7, 11) is 0. The third kappa shape index (κ3) is 6.03. The third-order valence-corrected chi connectivity index (χ3v) is 5.70. The number of carbonyl (C=O) groups excluding carboxylic acids is 2. The molecule has 0 bridgehead atoms. The van der Waals surface area contributed by atoms with Gasteiger partial charge in [-0.3, -0.25) is 14.5 Å². The molecule has 1 aliphatic carbocycles. The number of piperidine rings is 1. The van der Waals surface area contributed by atoms with Crippen molar-refractivity contribution < 1.29 is 14.0 Å². The maximum absolute atomic E-state index is 13.6. The summed E-state index contributed by atoms with van der Waals surface area (Å²) in [6.45, 7) is 2.41. The van der Waals surface area contributed by atoms with Crippen LogP contribution in [0.4, 0.5) is 4.39 Å². The molecule has 0 aromatic heterocycles. The number of likely N-dealkylation sites (tertiary alicyclic amines) is 1. The zero-order chi connectivity index (χ0) is 19.1. The molecule has 5 nitrogen and oxygen atoms in total. The minimum absolute atomic E-state index is 0.0141. The molecule has 6 heteroatoms. The van der Waals surface area contributed by atoms with Gasteiger partial charge in [0.15, 0.2) is 0 Å². The van der Waals surface area contributed by atoms with Crippen LogP contribution < -0.4 is 10.6 Å². The lowest BCUT2D eigenvalue weighted by atomic mass is 9.96. The number of halogens is 1. The second kappa shape index (κ2) is 9.83. The fraction of sp³-hybridized carbons (Fsp3) is 0.619. The second-order valence-corrected chi connectivity index (χ2v) is 7.73. The van der Waals surface area contributed by atoms with Crippen molar-refractivity contribution in [1.82, 2.24) is 15.5 Å². The molecule has 1 saturated carbocycles. The van der Waals surface area contributed by atoms with Crippen molar-refractivity contribution in [2.75, 3.05) is 26.2 Å². The van der Waals surface area contributed by atoms with Crippen molar-refractivity contribution >= 4 is 11.8 Å². The van der Waals surface area contributed by atoms with Gasteiger partial charge in [0.2, 0.25) is 11.8 Å². The molecule has 0 atom stereocenters. The van der Waals surface area contributed by atoms with Crippen LogP contribution >= 0.6 is 0 Å². The van der Waals surface area contributed by atoms with Gasteiger partial charge in [0.05, 0.1) is 6.54 Å². The van der Waals surface area contributed by atoms with E-state index in [-0.39, 0.29) is 23.5 Å². The third-order valence-electron chi connectivity index (χ3n) is 5.70. The minimum atomic E-state index is -0.226. The SMILES string of the molecule is O=C(CN1CCC(C(=O)NCCc2ccccc2F)CC1)NC1CCCC1. The molecular formula is C21H30FN3O2. The van der Waals surface area contributed by atoms with Gasteiger partial charge in [-0.1, -0.05) is 31.0 Å². The molecule has 2 amide bonds. The fourth-order valence-corrected chi connectivity index (χ4v) is 4.07. The largest absolute Gasteiger partial charge is 0.356 e. The molecule has 1 saturated heterocycles. The zero-order valence-electron chi connectivity index (χ0n) is 15.9. The summed E-state index contributed by atoms with van der Waals surface area (Å²) in [6.07, 6.45) is 6.65. The quantitative estimate of drug-likeness (QED) is 0.768. The topological polar surface area (TPSA) is 61.4 Å². The number of hydrogen-bond donors (Lipinski definition) is 2. The van der Waals surface area contributed by atoms with E-state index in [1.54, 1.807) is 18.2 Å². The molecule has 27 heavy (non-hydrogen) atoms.